The summed E-state index contributed by atoms with van der Waals surface area (Å²) < 4.78 is 10.2. The van der Waals surface area contributed by atoms with Gasteiger partial charge in [-0.05, 0) is 25.7 Å². The average molecular weight is 270 g/mol. The Morgan fingerprint density at radius 2 is 1.42 bits per heavy atom. The molecule has 0 aromatic rings. The monoisotopic (exact) mass is 270 g/mol. The van der Waals surface area contributed by atoms with Crippen LogP contribution in [-0.2, 0) is 19.1 Å². The fraction of sp³-hybridized carbons (Fsp3) is 0.733. The third-order valence-electron chi connectivity index (χ3n) is 2.88. The van der Waals surface area contributed by atoms with Gasteiger partial charge in [0.15, 0.2) is 5.41 Å². The first-order valence-electron chi connectivity index (χ1n) is 6.86. The third kappa shape index (κ3) is 4.37. The van der Waals surface area contributed by atoms with Crippen LogP contribution >= 0.6 is 0 Å². The number of rotatable bonds is 7. The molecule has 0 radical (unpaired) electrons. The van der Waals surface area contributed by atoms with Crippen LogP contribution in [0.5, 0.6) is 0 Å². The minimum atomic E-state index is -1.35. The summed E-state index contributed by atoms with van der Waals surface area (Å²) in [7, 11) is 0. The normalized spacial score (nSPS) is 12.2. The van der Waals surface area contributed by atoms with Crippen LogP contribution in [-0.4, -0.2) is 25.2 Å². The van der Waals surface area contributed by atoms with Crippen LogP contribution in [0.4, 0.5) is 0 Å². The number of carbonyl (C=O) groups is 2. The fourth-order valence-corrected chi connectivity index (χ4v) is 1.73. The number of hydrogen-bond donors (Lipinski definition) is 0. The smallest absolute Gasteiger partial charge is 0.327 e. The van der Waals surface area contributed by atoms with Crippen molar-refractivity contribution in [2.75, 3.05) is 13.2 Å². The van der Waals surface area contributed by atoms with Gasteiger partial charge in [-0.3, -0.25) is 9.59 Å². The zero-order chi connectivity index (χ0) is 15.1. The van der Waals surface area contributed by atoms with E-state index in [-0.39, 0.29) is 25.0 Å². The minimum Gasteiger partial charge on any atom is -0.465 e. The number of hydrogen-bond acceptors (Lipinski definition) is 4. The topological polar surface area (TPSA) is 52.6 Å². The van der Waals surface area contributed by atoms with Gasteiger partial charge in [-0.2, -0.15) is 0 Å². The van der Waals surface area contributed by atoms with Gasteiger partial charge in [0, 0.05) is 0 Å². The Balaban J connectivity index is 5.60. The van der Waals surface area contributed by atoms with E-state index in [2.05, 4.69) is 0 Å². The molecule has 0 bridgehead atoms. The summed E-state index contributed by atoms with van der Waals surface area (Å²) in [5.41, 5.74) is -1.35. The quantitative estimate of drug-likeness (QED) is 0.405. The molecule has 0 N–H and O–H groups in total. The first kappa shape index (κ1) is 17.7. The van der Waals surface area contributed by atoms with Gasteiger partial charge in [-0.25, -0.2) is 0 Å². The molecule has 19 heavy (non-hydrogen) atoms. The second-order valence-electron chi connectivity index (χ2n) is 5.07. The van der Waals surface area contributed by atoms with E-state index in [9.17, 15) is 9.59 Å². The van der Waals surface area contributed by atoms with Crippen molar-refractivity contribution in [3.05, 3.63) is 12.2 Å². The Morgan fingerprint density at radius 3 is 1.68 bits per heavy atom. The molecular formula is C15H26O4. The van der Waals surface area contributed by atoms with Gasteiger partial charge in [-0.15, -0.1) is 0 Å². The Kier molecular flexibility index (Phi) is 7.42. The van der Waals surface area contributed by atoms with Gasteiger partial charge in [-0.1, -0.05) is 39.8 Å². The van der Waals surface area contributed by atoms with Crippen molar-refractivity contribution in [3.63, 3.8) is 0 Å². The second kappa shape index (κ2) is 7.97. The van der Waals surface area contributed by atoms with Crippen LogP contribution in [0, 0.1) is 17.3 Å². The first-order valence-corrected chi connectivity index (χ1v) is 6.86. The molecule has 0 spiro atoms. The van der Waals surface area contributed by atoms with E-state index in [0.717, 1.165) is 0 Å². The molecule has 0 amide bonds. The number of ether oxygens (including phenoxy) is 2. The molecule has 110 valence electrons. The highest BCUT2D eigenvalue weighted by atomic mass is 16.6. The molecule has 4 nitrogen and oxygen atoms in total. The highest BCUT2D eigenvalue weighted by Gasteiger charge is 2.49. The van der Waals surface area contributed by atoms with E-state index >= 15 is 0 Å². The Hall–Kier alpha value is -1.32. The molecule has 0 aromatic carbocycles. The largest absolute Gasteiger partial charge is 0.465 e. The van der Waals surface area contributed by atoms with Crippen molar-refractivity contribution in [2.45, 2.75) is 41.5 Å². The van der Waals surface area contributed by atoms with E-state index in [1.165, 1.54) is 0 Å². The predicted molar refractivity (Wildman–Crippen MR) is 74.5 cm³/mol. The van der Waals surface area contributed by atoms with Gasteiger partial charge in [0.05, 0.1) is 13.2 Å². The Morgan fingerprint density at radius 1 is 1.00 bits per heavy atom. The van der Waals surface area contributed by atoms with Crippen LogP contribution in [0.1, 0.15) is 41.5 Å². The SMILES string of the molecule is CCOC(=O)C(/C=C\C(C)C)(C(=O)OCC)C(C)C. The number of carbonyl (C=O) groups excluding carboxylic acids is 2. The molecule has 0 aliphatic rings. The minimum absolute atomic E-state index is 0.236. The van der Waals surface area contributed by atoms with E-state index in [1.54, 1.807) is 19.9 Å². The standard InChI is InChI=1S/C15H26O4/c1-7-18-13(16)15(12(5)6,10-9-11(3)4)14(17)19-8-2/h9-12H,7-8H2,1-6H3/b10-9-. The third-order valence-corrected chi connectivity index (χ3v) is 2.88. The van der Waals surface area contributed by atoms with E-state index < -0.39 is 17.4 Å². The lowest BCUT2D eigenvalue weighted by Crippen LogP contribution is -2.44. The van der Waals surface area contributed by atoms with Crippen LogP contribution in [0.2, 0.25) is 0 Å². The van der Waals surface area contributed by atoms with Crippen LogP contribution in [0.15, 0.2) is 12.2 Å². The zero-order valence-corrected chi connectivity index (χ0v) is 12.9. The molecule has 0 fully saturated rings. The van der Waals surface area contributed by atoms with Gasteiger partial charge >= 0.3 is 11.9 Å². The number of allylic oxidation sites excluding steroid dienone is 1. The van der Waals surface area contributed by atoms with Gasteiger partial charge in [0.1, 0.15) is 0 Å². The highest BCUT2D eigenvalue weighted by molar-refractivity contribution is 6.02. The maximum Gasteiger partial charge on any atom is 0.327 e. The van der Waals surface area contributed by atoms with Crippen molar-refractivity contribution in [3.8, 4) is 0 Å². The molecule has 0 rings (SSSR count). The summed E-state index contributed by atoms with van der Waals surface area (Å²) in [4.78, 5) is 24.5. The van der Waals surface area contributed by atoms with Gasteiger partial charge in [0.25, 0.3) is 0 Å². The van der Waals surface area contributed by atoms with Crippen molar-refractivity contribution >= 4 is 11.9 Å². The lowest BCUT2D eigenvalue weighted by molar-refractivity contribution is -0.171. The maximum absolute atomic E-state index is 12.3. The summed E-state index contributed by atoms with van der Waals surface area (Å²) in [6.45, 7) is 11.5. The van der Waals surface area contributed by atoms with Crippen LogP contribution in [0.3, 0.4) is 0 Å². The summed E-state index contributed by atoms with van der Waals surface area (Å²) >= 11 is 0. The predicted octanol–water partition coefficient (Wildman–Crippen LogP) is 2.97. The molecule has 4 heteroatoms. The second-order valence-corrected chi connectivity index (χ2v) is 5.07. The van der Waals surface area contributed by atoms with E-state index in [4.69, 9.17) is 9.47 Å². The lowest BCUT2D eigenvalue weighted by Gasteiger charge is -2.30. The van der Waals surface area contributed by atoms with Crippen LogP contribution in [0.25, 0.3) is 0 Å². The number of esters is 2. The molecule has 0 saturated heterocycles. The summed E-state index contributed by atoms with van der Waals surface area (Å²) in [6, 6.07) is 0. The maximum atomic E-state index is 12.3. The van der Waals surface area contributed by atoms with E-state index in [1.807, 2.05) is 33.8 Å². The summed E-state index contributed by atoms with van der Waals surface area (Å²) in [6.07, 6.45) is 3.48. The molecule has 0 aliphatic heterocycles. The van der Waals surface area contributed by atoms with Crippen molar-refractivity contribution in [1.29, 1.82) is 0 Å². The first-order chi connectivity index (χ1) is 8.82. The van der Waals surface area contributed by atoms with Crippen LogP contribution < -0.4 is 0 Å². The van der Waals surface area contributed by atoms with Crippen molar-refractivity contribution in [1.82, 2.24) is 0 Å². The summed E-state index contributed by atoms with van der Waals surface area (Å²) in [5.74, 6) is -1.08. The fourth-order valence-electron chi connectivity index (χ4n) is 1.73. The highest BCUT2D eigenvalue weighted by Crippen LogP contribution is 2.33. The van der Waals surface area contributed by atoms with Crippen molar-refractivity contribution < 1.29 is 19.1 Å². The van der Waals surface area contributed by atoms with Crippen molar-refractivity contribution in [2.24, 2.45) is 17.3 Å². The molecule has 0 saturated carbocycles. The molecule has 0 aromatic heterocycles. The summed E-state index contributed by atoms with van der Waals surface area (Å²) in [5, 5.41) is 0. The molecule has 0 aliphatic carbocycles. The molecule has 0 atom stereocenters. The lowest BCUT2D eigenvalue weighted by atomic mass is 9.76. The molecular weight excluding hydrogens is 244 g/mol. The Bertz CT molecular complexity index is 311. The average Bonchev–Trinajstić information content (AvgIpc) is 2.29. The van der Waals surface area contributed by atoms with Gasteiger partial charge < -0.3 is 9.47 Å². The van der Waals surface area contributed by atoms with E-state index in [0.29, 0.717) is 0 Å². The molecule has 0 unspecified atom stereocenters. The van der Waals surface area contributed by atoms with Gasteiger partial charge in [0.2, 0.25) is 0 Å². The Labute approximate surface area is 116 Å². The molecule has 0 heterocycles. The zero-order valence-electron chi connectivity index (χ0n) is 12.9.